The Hall–Kier alpha value is -3.20. The van der Waals surface area contributed by atoms with Crippen molar-refractivity contribution in [3.63, 3.8) is 0 Å². The standard InChI is InChI=1S/C21H20FN5O2S/c1-13-4-2-3-5-14(13)12-30-21-26-25-18(10-16-11-19(28)24-20(29)23-16)27(21)17-8-6-15(22)7-9-17/h2-9,16H,10-12H2,1H3,(H2,23,24,28,29). The van der Waals surface area contributed by atoms with Gasteiger partial charge in [0.25, 0.3) is 0 Å². The lowest BCUT2D eigenvalue weighted by Gasteiger charge is -2.23. The number of benzene rings is 2. The van der Waals surface area contributed by atoms with Crippen LogP contribution in [0.2, 0.25) is 0 Å². The number of nitrogens with one attached hydrogen (secondary N) is 2. The van der Waals surface area contributed by atoms with E-state index in [0.717, 1.165) is 5.69 Å². The molecule has 154 valence electrons. The molecule has 1 aromatic heterocycles. The normalized spacial score (nSPS) is 16.3. The molecule has 1 aliphatic rings. The van der Waals surface area contributed by atoms with E-state index in [9.17, 15) is 14.0 Å². The molecule has 0 radical (unpaired) electrons. The van der Waals surface area contributed by atoms with Gasteiger partial charge in [0.1, 0.15) is 11.6 Å². The highest BCUT2D eigenvalue weighted by molar-refractivity contribution is 7.98. The van der Waals surface area contributed by atoms with Crippen molar-refractivity contribution < 1.29 is 14.0 Å². The second kappa shape index (κ2) is 8.66. The van der Waals surface area contributed by atoms with Gasteiger partial charge in [-0.1, -0.05) is 36.0 Å². The molecule has 0 saturated carbocycles. The van der Waals surface area contributed by atoms with Gasteiger partial charge in [-0.25, -0.2) is 9.18 Å². The lowest BCUT2D eigenvalue weighted by Crippen LogP contribution is -2.53. The van der Waals surface area contributed by atoms with Crippen molar-refractivity contribution in [3.05, 3.63) is 71.3 Å². The van der Waals surface area contributed by atoms with E-state index in [1.165, 1.54) is 35.0 Å². The largest absolute Gasteiger partial charge is 0.334 e. The summed E-state index contributed by atoms with van der Waals surface area (Å²) in [6, 6.07) is 13.3. The number of aryl methyl sites for hydroxylation is 1. The number of carbonyl (C=O) groups excluding carboxylic acids is 2. The quantitative estimate of drug-likeness (QED) is 0.593. The van der Waals surface area contributed by atoms with Crippen molar-refractivity contribution in [1.82, 2.24) is 25.4 Å². The molecule has 0 bridgehead atoms. The summed E-state index contributed by atoms with van der Waals surface area (Å²) in [6.45, 7) is 2.06. The zero-order valence-corrected chi connectivity index (χ0v) is 17.1. The number of carbonyl (C=O) groups is 2. The number of hydrogen-bond donors (Lipinski definition) is 2. The van der Waals surface area contributed by atoms with E-state index in [0.29, 0.717) is 23.2 Å². The zero-order chi connectivity index (χ0) is 21.1. The third-order valence-electron chi connectivity index (χ3n) is 4.85. The maximum Gasteiger partial charge on any atom is 0.321 e. The van der Waals surface area contributed by atoms with E-state index in [-0.39, 0.29) is 24.2 Å². The number of urea groups is 1. The zero-order valence-electron chi connectivity index (χ0n) is 16.3. The van der Waals surface area contributed by atoms with Gasteiger partial charge in [-0.2, -0.15) is 0 Å². The average molecular weight is 425 g/mol. The van der Waals surface area contributed by atoms with Crippen LogP contribution in [0.1, 0.15) is 23.4 Å². The highest BCUT2D eigenvalue weighted by atomic mass is 32.2. The number of hydrogen-bond acceptors (Lipinski definition) is 5. The molecule has 1 fully saturated rings. The summed E-state index contributed by atoms with van der Waals surface area (Å²) < 4.78 is 15.3. The summed E-state index contributed by atoms with van der Waals surface area (Å²) in [4.78, 5) is 23.3. The number of aromatic nitrogens is 3. The van der Waals surface area contributed by atoms with Gasteiger partial charge in [0, 0.05) is 30.3 Å². The summed E-state index contributed by atoms with van der Waals surface area (Å²) >= 11 is 1.53. The lowest BCUT2D eigenvalue weighted by atomic mass is 10.1. The first kappa shape index (κ1) is 20.1. The molecule has 0 aliphatic carbocycles. The monoisotopic (exact) mass is 425 g/mol. The molecule has 2 heterocycles. The van der Waals surface area contributed by atoms with Crippen molar-refractivity contribution in [2.45, 2.75) is 36.7 Å². The predicted molar refractivity (Wildman–Crippen MR) is 111 cm³/mol. The Morgan fingerprint density at radius 1 is 1.13 bits per heavy atom. The Bertz CT molecular complexity index is 1070. The van der Waals surface area contributed by atoms with Crippen LogP contribution < -0.4 is 10.6 Å². The molecule has 4 rings (SSSR count). The highest BCUT2D eigenvalue weighted by Gasteiger charge is 2.26. The van der Waals surface area contributed by atoms with E-state index in [1.54, 1.807) is 12.1 Å². The average Bonchev–Trinajstić information content (AvgIpc) is 3.09. The van der Waals surface area contributed by atoms with E-state index in [1.807, 2.05) is 16.7 Å². The van der Waals surface area contributed by atoms with E-state index in [2.05, 4.69) is 39.9 Å². The third-order valence-corrected chi connectivity index (χ3v) is 5.83. The molecular formula is C21H20FN5O2S. The van der Waals surface area contributed by atoms with Gasteiger partial charge in [0.05, 0.1) is 0 Å². The van der Waals surface area contributed by atoms with E-state index < -0.39 is 6.03 Å². The molecule has 1 unspecified atom stereocenters. The molecule has 1 atom stereocenters. The number of amides is 3. The van der Waals surface area contributed by atoms with E-state index in [4.69, 9.17) is 0 Å². The second-order valence-corrected chi connectivity index (χ2v) is 8.00. The maximum absolute atomic E-state index is 13.5. The highest BCUT2D eigenvalue weighted by Crippen LogP contribution is 2.27. The molecule has 0 spiro atoms. The van der Waals surface area contributed by atoms with Crippen molar-refractivity contribution in [2.24, 2.45) is 0 Å². The van der Waals surface area contributed by atoms with Crippen LogP contribution in [0.3, 0.4) is 0 Å². The van der Waals surface area contributed by atoms with Crippen molar-refractivity contribution in [2.75, 3.05) is 0 Å². The SMILES string of the molecule is Cc1ccccc1CSc1nnc(CC2CC(=O)NC(=O)N2)n1-c1ccc(F)cc1. The molecule has 9 heteroatoms. The number of imide groups is 1. The van der Waals surface area contributed by atoms with E-state index >= 15 is 0 Å². The molecule has 3 amide bonds. The fourth-order valence-corrected chi connectivity index (χ4v) is 4.35. The summed E-state index contributed by atoms with van der Waals surface area (Å²) in [5.74, 6) is 0.632. The summed E-state index contributed by atoms with van der Waals surface area (Å²) in [7, 11) is 0. The Morgan fingerprint density at radius 3 is 2.63 bits per heavy atom. The van der Waals surface area contributed by atoms with Gasteiger partial charge in [-0.3, -0.25) is 14.7 Å². The summed E-state index contributed by atoms with van der Waals surface area (Å²) in [5.41, 5.74) is 3.10. The molecule has 1 saturated heterocycles. The minimum Gasteiger partial charge on any atom is -0.334 e. The number of rotatable bonds is 6. The van der Waals surface area contributed by atoms with Gasteiger partial charge in [-0.05, 0) is 42.3 Å². The van der Waals surface area contributed by atoms with Crippen LogP contribution in [-0.4, -0.2) is 32.7 Å². The Labute approximate surface area is 177 Å². The van der Waals surface area contributed by atoms with Crippen molar-refractivity contribution in [3.8, 4) is 5.69 Å². The first-order chi connectivity index (χ1) is 14.5. The minimum atomic E-state index is -0.516. The topological polar surface area (TPSA) is 88.9 Å². The first-order valence-corrected chi connectivity index (χ1v) is 10.5. The number of thioether (sulfide) groups is 1. The first-order valence-electron chi connectivity index (χ1n) is 9.47. The molecule has 3 aromatic rings. The van der Waals surface area contributed by atoms with Crippen molar-refractivity contribution in [1.29, 1.82) is 0 Å². The van der Waals surface area contributed by atoms with Gasteiger partial charge >= 0.3 is 6.03 Å². The summed E-state index contributed by atoms with van der Waals surface area (Å²) in [5, 5.41) is 14.3. The van der Waals surface area contributed by atoms with Gasteiger partial charge in [0.2, 0.25) is 5.91 Å². The third kappa shape index (κ3) is 4.51. The molecule has 2 N–H and O–H groups in total. The molecule has 2 aromatic carbocycles. The van der Waals surface area contributed by atoms with Gasteiger partial charge in [0.15, 0.2) is 5.16 Å². The Balaban J connectivity index is 1.63. The molecular weight excluding hydrogens is 405 g/mol. The van der Waals surface area contributed by atoms with Crippen molar-refractivity contribution >= 4 is 23.7 Å². The minimum absolute atomic E-state index is 0.160. The molecule has 30 heavy (non-hydrogen) atoms. The fraction of sp³-hybridized carbons (Fsp3) is 0.238. The fourth-order valence-electron chi connectivity index (χ4n) is 3.31. The maximum atomic E-state index is 13.5. The van der Waals surface area contributed by atoms with Crippen LogP contribution in [-0.2, 0) is 17.0 Å². The molecule has 1 aliphatic heterocycles. The van der Waals surface area contributed by atoms with Crippen LogP contribution in [0.5, 0.6) is 0 Å². The van der Waals surface area contributed by atoms with Crippen LogP contribution in [0, 0.1) is 12.7 Å². The second-order valence-electron chi connectivity index (χ2n) is 7.05. The Kier molecular flexibility index (Phi) is 5.80. The van der Waals surface area contributed by atoms with Gasteiger partial charge < -0.3 is 5.32 Å². The van der Waals surface area contributed by atoms with Gasteiger partial charge in [-0.15, -0.1) is 10.2 Å². The Morgan fingerprint density at radius 2 is 1.90 bits per heavy atom. The number of halogens is 1. The van der Waals surface area contributed by atoms with Crippen LogP contribution in [0.4, 0.5) is 9.18 Å². The number of nitrogens with zero attached hydrogens (tertiary/aromatic N) is 3. The smallest absolute Gasteiger partial charge is 0.321 e. The van der Waals surface area contributed by atoms with Crippen LogP contribution in [0.15, 0.2) is 53.7 Å². The predicted octanol–water partition coefficient (Wildman–Crippen LogP) is 3.15. The van der Waals surface area contributed by atoms with Crippen LogP contribution in [0.25, 0.3) is 5.69 Å². The summed E-state index contributed by atoms with van der Waals surface area (Å²) in [6.07, 6.45) is 0.488. The van der Waals surface area contributed by atoms with Crippen LogP contribution >= 0.6 is 11.8 Å². The molecule has 7 nitrogen and oxygen atoms in total. The lowest BCUT2D eigenvalue weighted by molar-refractivity contribution is -0.121.